The lowest BCUT2D eigenvalue weighted by molar-refractivity contribution is -0.125. The summed E-state index contributed by atoms with van der Waals surface area (Å²) in [4.78, 5) is 11.3. The summed E-state index contributed by atoms with van der Waals surface area (Å²) in [5.41, 5.74) is 5.17. The van der Waals surface area contributed by atoms with Crippen molar-refractivity contribution < 1.29 is 9.90 Å². The van der Waals surface area contributed by atoms with Gasteiger partial charge in [0.15, 0.2) is 0 Å². The van der Waals surface area contributed by atoms with E-state index >= 15 is 0 Å². The number of likely N-dealkylation sites (N-methyl/N-ethyl adjacent to an activating group) is 1. The van der Waals surface area contributed by atoms with Gasteiger partial charge >= 0.3 is 0 Å². The van der Waals surface area contributed by atoms with Crippen LogP contribution in [0.2, 0.25) is 0 Å². The highest BCUT2D eigenvalue weighted by Crippen LogP contribution is 2.12. The average Bonchev–Trinajstić information content (AvgIpc) is 2.27. The van der Waals surface area contributed by atoms with Crippen LogP contribution < -0.4 is 11.1 Å². The molecule has 4 heteroatoms. The quantitative estimate of drug-likeness (QED) is 0.620. The molecule has 1 aromatic carbocycles. The third-order valence-electron chi connectivity index (χ3n) is 2.57. The zero-order valence-corrected chi connectivity index (χ0v) is 8.73. The predicted molar refractivity (Wildman–Crippen MR) is 58.2 cm³/mol. The fourth-order valence-corrected chi connectivity index (χ4v) is 1.46. The molecule has 0 unspecified atom stereocenters. The second kappa shape index (κ2) is 4.91. The second-order valence-electron chi connectivity index (χ2n) is 3.52. The van der Waals surface area contributed by atoms with Crippen LogP contribution in [0.5, 0.6) is 0 Å². The molecule has 0 aliphatic heterocycles. The Morgan fingerprint density at radius 3 is 2.47 bits per heavy atom. The molecule has 15 heavy (non-hydrogen) atoms. The number of hydrogen-bond donors (Lipinski definition) is 3. The van der Waals surface area contributed by atoms with Crippen LogP contribution in [-0.2, 0) is 11.2 Å². The van der Waals surface area contributed by atoms with E-state index in [1.807, 2.05) is 30.3 Å². The maximum atomic E-state index is 11.3. The smallest absolute Gasteiger partial charge is 0.240 e. The highest BCUT2D eigenvalue weighted by atomic mass is 16.3. The molecule has 1 atom stereocenters. The number of hydrogen-bond acceptors (Lipinski definition) is 3. The number of benzene rings is 1. The molecule has 1 amide bonds. The van der Waals surface area contributed by atoms with Crippen LogP contribution in [0.25, 0.3) is 0 Å². The monoisotopic (exact) mass is 208 g/mol. The Labute approximate surface area is 89.1 Å². The number of nitrogens with two attached hydrogens (primary N) is 1. The van der Waals surface area contributed by atoms with Crippen molar-refractivity contribution in [1.82, 2.24) is 5.32 Å². The standard InChI is InChI=1S/C11H16N2O2/c1-13-11(8-14,10(12)15)7-9-5-3-2-4-6-9/h2-6,13-14H,7-8H2,1H3,(H2,12,15)/t11-/m1/s1. The molecule has 0 heterocycles. The van der Waals surface area contributed by atoms with E-state index in [4.69, 9.17) is 5.73 Å². The lowest BCUT2D eigenvalue weighted by atomic mass is 9.91. The van der Waals surface area contributed by atoms with Crippen LogP contribution in [0, 0.1) is 0 Å². The topological polar surface area (TPSA) is 75.3 Å². The summed E-state index contributed by atoms with van der Waals surface area (Å²) in [5.74, 6) is -0.545. The first kappa shape index (κ1) is 11.7. The summed E-state index contributed by atoms with van der Waals surface area (Å²) < 4.78 is 0. The van der Waals surface area contributed by atoms with Gasteiger partial charge in [0.2, 0.25) is 5.91 Å². The summed E-state index contributed by atoms with van der Waals surface area (Å²) in [6.45, 7) is -0.312. The first-order valence-corrected chi connectivity index (χ1v) is 4.78. The van der Waals surface area contributed by atoms with Gasteiger partial charge in [-0.3, -0.25) is 4.79 Å². The zero-order valence-electron chi connectivity index (χ0n) is 8.73. The molecule has 82 valence electrons. The highest BCUT2D eigenvalue weighted by Gasteiger charge is 2.34. The first-order valence-electron chi connectivity index (χ1n) is 4.78. The highest BCUT2D eigenvalue weighted by molar-refractivity contribution is 5.85. The van der Waals surface area contributed by atoms with Crippen molar-refractivity contribution in [3.8, 4) is 0 Å². The van der Waals surface area contributed by atoms with Gasteiger partial charge in [0, 0.05) is 6.42 Å². The van der Waals surface area contributed by atoms with Crippen LogP contribution in [0.15, 0.2) is 30.3 Å². The molecule has 0 fully saturated rings. The Morgan fingerprint density at radius 2 is 2.07 bits per heavy atom. The predicted octanol–water partition coefficient (Wildman–Crippen LogP) is -0.335. The fraction of sp³-hybridized carbons (Fsp3) is 0.364. The van der Waals surface area contributed by atoms with Gasteiger partial charge in [-0.05, 0) is 12.6 Å². The molecule has 0 aliphatic rings. The molecular weight excluding hydrogens is 192 g/mol. The molecule has 0 saturated carbocycles. The van der Waals surface area contributed by atoms with E-state index in [0.717, 1.165) is 5.56 Å². The summed E-state index contributed by atoms with van der Waals surface area (Å²) in [7, 11) is 1.62. The molecule has 0 bridgehead atoms. The second-order valence-corrected chi connectivity index (χ2v) is 3.52. The Morgan fingerprint density at radius 1 is 1.47 bits per heavy atom. The van der Waals surface area contributed by atoms with Crippen molar-refractivity contribution in [2.24, 2.45) is 5.73 Å². The zero-order chi connectivity index (χ0) is 11.3. The Hall–Kier alpha value is -1.39. The fourth-order valence-electron chi connectivity index (χ4n) is 1.46. The van der Waals surface area contributed by atoms with E-state index < -0.39 is 11.4 Å². The molecule has 0 radical (unpaired) electrons. The van der Waals surface area contributed by atoms with Crippen LogP contribution >= 0.6 is 0 Å². The number of aliphatic hydroxyl groups is 1. The average molecular weight is 208 g/mol. The number of amides is 1. The number of nitrogens with one attached hydrogen (secondary N) is 1. The van der Waals surface area contributed by atoms with E-state index in [1.54, 1.807) is 7.05 Å². The van der Waals surface area contributed by atoms with Crippen molar-refractivity contribution in [2.75, 3.05) is 13.7 Å². The van der Waals surface area contributed by atoms with Crippen LogP contribution in [-0.4, -0.2) is 30.2 Å². The number of primary amides is 1. The lowest BCUT2D eigenvalue weighted by Crippen LogP contribution is -2.58. The van der Waals surface area contributed by atoms with Gasteiger partial charge in [0.1, 0.15) is 5.54 Å². The normalized spacial score (nSPS) is 14.5. The van der Waals surface area contributed by atoms with Crippen LogP contribution in [0.1, 0.15) is 5.56 Å². The van der Waals surface area contributed by atoms with Gasteiger partial charge in [-0.2, -0.15) is 0 Å². The molecule has 0 spiro atoms. The van der Waals surface area contributed by atoms with Gasteiger partial charge in [0.25, 0.3) is 0 Å². The Kier molecular flexibility index (Phi) is 3.82. The molecule has 0 saturated heterocycles. The number of aliphatic hydroxyl groups excluding tert-OH is 1. The molecule has 0 aromatic heterocycles. The summed E-state index contributed by atoms with van der Waals surface area (Å²) in [6, 6.07) is 9.45. The van der Waals surface area contributed by atoms with E-state index in [9.17, 15) is 9.90 Å². The SMILES string of the molecule is CN[C@@](CO)(Cc1ccccc1)C(N)=O. The maximum Gasteiger partial charge on any atom is 0.240 e. The van der Waals surface area contributed by atoms with Crippen LogP contribution in [0.4, 0.5) is 0 Å². The molecule has 1 aromatic rings. The van der Waals surface area contributed by atoms with E-state index in [-0.39, 0.29) is 6.61 Å². The molecule has 0 aliphatic carbocycles. The number of rotatable bonds is 5. The lowest BCUT2D eigenvalue weighted by Gasteiger charge is -2.27. The third-order valence-corrected chi connectivity index (χ3v) is 2.57. The van der Waals surface area contributed by atoms with Gasteiger partial charge in [-0.1, -0.05) is 30.3 Å². The summed E-state index contributed by atoms with van der Waals surface area (Å²) >= 11 is 0. The minimum atomic E-state index is -1.07. The largest absolute Gasteiger partial charge is 0.394 e. The Balaban J connectivity index is 2.89. The number of carbonyl (C=O) groups is 1. The third kappa shape index (κ3) is 2.55. The minimum Gasteiger partial charge on any atom is -0.394 e. The first-order chi connectivity index (χ1) is 7.14. The molecule has 4 nitrogen and oxygen atoms in total. The van der Waals surface area contributed by atoms with Crippen molar-refractivity contribution in [1.29, 1.82) is 0 Å². The summed E-state index contributed by atoms with van der Waals surface area (Å²) in [6.07, 6.45) is 0.385. The van der Waals surface area contributed by atoms with Crippen LogP contribution in [0.3, 0.4) is 0 Å². The minimum absolute atomic E-state index is 0.312. The van der Waals surface area contributed by atoms with E-state index in [2.05, 4.69) is 5.32 Å². The van der Waals surface area contributed by atoms with Gasteiger partial charge in [-0.25, -0.2) is 0 Å². The van der Waals surface area contributed by atoms with Crippen molar-refractivity contribution in [3.05, 3.63) is 35.9 Å². The summed E-state index contributed by atoms with van der Waals surface area (Å²) in [5, 5.41) is 12.0. The molecular formula is C11H16N2O2. The number of carbonyl (C=O) groups excluding carboxylic acids is 1. The molecule has 1 rings (SSSR count). The van der Waals surface area contributed by atoms with E-state index in [1.165, 1.54) is 0 Å². The van der Waals surface area contributed by atoms with Crippen molar-refractivity contribution >= 4 is 5.91 Å². The Bertz CT molecular complexity index is 321. The van der Waals surface area contributed by atoms with Gasteiger partial charge in [0.05, 0.1) is 6.61 Å². The van der Waals surface area contributed by atoms with Gasteiger partial charge in [-0.15, -0.1) is 0 Å². The van der Waals surface area contributed by atoms with Crippen molar-refractivity contribution in [3.63, 3.8) is 0 Å². The van der Waals surface area contributed by atoms with Crippen molar-refractivity contribution in [2.45, 2.75) is 12.0 Å². The maximum absolute atomic E-state index is 11.3. The van der Waals surface area contributed by atoms with Gasteiger partial charge < -0.3 is 16.2 Å². The van der Waals surface area contributed by atoms with E-state index in [0.29, 0.717) is 6.42 Å². The molecule has 4 N–H and O–H groups in total.